The molecule has 0 saturated carbocycles. The Labute approximate surface area is 139 Å². The third-order valence-corrected chi connectivity index (χ3v) is 7.60. The van der Waals surface area contributed by atoms with Gasteiger partial charge in [-0.2, -0.15) is 0 Å². The average molecular weight is 437 g/mol. The van der Waals surface area contributed by atoms with Gasteiger partial charge in [0, 0.05) is 0 Å². The summed E-state index contributed by atoms with van der Waals surface area (Å²) in [7, 11) is 0. The molecule has 0 aliphatic carbocycles. The van der Waals surface area contributed by atoms with E-state index >= 15 is 0 Å². The second-order valence-electron chi connectivity index (χ2n) is 5.02. The fraction of sp³-hybridized carbons (Fsp3) is 0.111. The third kappa shape index (κ3) is 2.93. The van der Waals surface area contributed by atoms with Gasteiger partial charge >= 0.3 is 140 Å². The average Bonchev–Trinajstić information content (AvgIpc) is 2.82. The van der Waals surface area contributed by atoms with E-state index in [-0.39, 0.29) is 0 Å². The van der Waals surface area contributed by atoms with Crippen molar-refractivity contribution < 1.29 is 0 Å². The molecule has 0 aliphatic rings. The molecule has 0 bridgehead atoms. The normalized spacial score (nSPS) is 10.8. The van der Waals surface area contributed by atoms with Crippen LogP contribution in [0.1, 0.15) is 11.1 Å². The summed E-state index contributed by atoms with van der Waals surface area (Å²) in [4.78, 5) is 0. The van der Waals surface area contributed by atoms with Crippen LogP contribution in [0, 0.1) is 17.4 Å². The number of hydrogen-bond donors (Lipinski definition) is 0. The van der Waals surface area contributed by atoms with Gasteiger partial charge in [-0.1, -0.05) is 0 Å². The number of aryl methyl sites for hydroxylation is 2. The Hall–Kier alpha value is -0.831. The van der Waals surface area contributed by atoms with Crippen LogP contribution in [0.3, 0.4) is 0 Å². The zero-order chi connectivity index (χ0) is 14.1. The minimum absolute atomic E-state index is 0.404. The van der Waals surface area contributed by atoms with Gasteiger partial charge in [0.05, 0.1) is 0 Å². The molecule has 3 rings (SSSR count). The van der Waals surface area contributed by atoms with Gasteiger partial charge in [-0.15, -0.1) is 0 Å². The van der Waals surface area contributed by atoms with Crippen molar-refractivity contribution >= 4 is 37.1 Å². The van der Waals surface area contributed by atoms with Gasteiger partial charge in [0.2, 0.25) is 0 Å². The molecule has 0 saturated heterocycles. The van der Waals surface area contributed by atoms with Gasteiger partial charge in [0.25, 0.3) is 0 Å². The Morgan fingerprint density at radius 2 is 1.25 bits per heavy atom. The summed E-state index contributed by atoms with van der Waals surface area (Å²) in [5.41, 5.74) is 5.38. The molecule has 0 radical (unpaired) electrons. The first-order chi connectivity index (χ1) is 9.63. The molecule has 2 aromatic carbocycles. The monoisotopic (exact) mass is 438 g/mol. The van der Waals surface area contributed by atoms with Gasteiger partial charge in [-0.3, -0.25) is 0 Å². The quantitative estimate of drug-likeness (QED) is 0.377. The van der Waals surface area contributed by atoms with Gasteiger partial charge in [-0.25, -0.2) is 0 Å². The Bertz CT molecular complexity index is 721. The van der Waals surface area contributed by atoms with Crippen LogP contribution >= 0.6 is 22.6 Å². The maximum absolute atomic E-state index is 2.47. The molecule has 1 aromatic heterocycles. The topological polar surface area (TPSA) is 0 Å². The first-order valence-corrected chi connectivity index (χ1v) is 9.36. The van der Waals surface area contributed by atoms with E-state index in [1.807, 2.05) is 0 Å². The summed E-state index contributed by atoms with van der Waals surface area (Å²) < 4.78 is 4.38. The Morgan fingerprint density at radius 1 is 0.750 bits per heavy atom. The van der Waals surface area contributed by atoms with Gasteiger partial charge in [-0.05, 0) is 0 Å². The number of benzene rings is 2. The Balaban J connectivity index is 2.02. The molecule has 0 atom stereocenters. The van der Waals surface area contributed by atoms with Crippen molar-refractivity contribution in [2.24, 2.45) is 0 Å². The van der Waals surface area contributed by atoms with E-state index in [1.54, 1.807) is 0 Å². The van der Waals surface area contributed by atoms with E-state index in [9.17, 15) is 0 Å². The molecule has 0 nitrogen and oxygen atoms in total. The zero-order valence-electron chi connectivity index (χ0n) is 11.5. The molecule has 1 heterocycles. The molecule has 0 unspecified atom stereocenters. The maximum atomic E-state index is 2.47. The van der Waals surface area contributed by atoms with Crippen molar-refractivity contribution in [2.45, 2.75) is 13.8 Å². The van der Waals surface area contributed by atoms with Gasteiger partial charge < -0.3 is 0 Å². The van der Waals surface area contributed by atoms with E-state index in [0.29, 0.717) is 14.5 Å². The van der Waals surface area contributed by atoms with E-state index in [0.717, 1.165) is 0 Å². The Morgan fingerprint density at radius 3 is 1.80 bits per heavy atom. The molecule has 0 aliphatic heterocycles. The molecule has 0 fully saturated rings. The Kier molecular flexibility index (Phi) is 4.15. The molecule has 0 N–H and O–H groups in total. The van der Waals surface area contributed by atoms with Crippen LogP contribution in [0.4, 0.5) is 0 Å². The second-order valence-corrected chi connectivity index (χ2v) is 8.39. The minimum atomic E-state index is 0.404. The summed E-state index contributed by atoms with van der Waals surface area (Å²) >= 11 is 2.88. The summed E-state index contributed by atoms with van der Waals surface area (Å²) in [6.45, 7) is 4.27. The summed E-state index contributed by atoms with van der Waals surface area (Å²) in [5.74, 6) is 0. The zero-order valence-corrected chi connectivity index (χ0v) is 15.4. The molecule has 0 amide bonds. The number of rotatable bonds is 2. The van der Waals surface area contributed by atoms with Crippen molar-refractivity contribution in [3.05, 3.63) is 69.3 Å². The van der Waals surface area contributed by atoms with Gasteiger partial charge in [0.15, 0.2) is 0 Å². The second kappa shape index (κ2) is 5.88. The van der Waals surface area contributed by atoms with E-state index < -0.39 is 0 Å². The van der Waals surface area contributed by atoms with E-state index in [2.05, 4.69) is 91.0 Å². The molecular weight excluding hydrogens is 422 g/mol. The van der Waals surface area contributed by atoms with Crippen molar-refractivity contribution in [3.8, 4) is 20.0 Å². The van der Waals surface area contributed by atoms with Crippen LogP contribution in [0.25, 0.3) is 20.0 Å². The molecule has 0 spiro atoms. The van der Waals surface area contributed by atoms with Crippen molar-refractivity contribution in [3.63, 3.8) is 0 Å². The van der Waals surface area contributed by atoms with Crippen molar-refractivity contribution in [1.82, 2.24) is 0 Å². The first-order valence-electron chi connectivity index (χ1n) is 6.57. The van der Waals surface area contributed by atoms with Crippen LogP contribution in [0.2, 0.25) is 0 Å². The standard InChI is InChI=1S/C18H15ISe/c1-12-3-7-14(8-4-12)17-11-16(19)18(20-17)15-9-5-13(2)6-10-15/h3-11H,1-2H3. The predicted octanol–water partition coefficient (Wildman–Crippen LogP) is 5.30. The number of hydrogen-bond acceptors (Lipinski definition) is 0. The van der Waals surface area contributed by atoms with Crippen LogP contribution in [-0.2, 0) is 0 Å². The molecule has 2 heteroatoms. The molecule has 3 aromatic rings. The first kappa shape index (κ1) is 14.1. The van der Waals surface area contributed by atoms with Crippen molar-refractivity contribution in [2.75, 3.05) is 0 Å². The molecule has 100 valence electrons. The van der Waals surface area contributed by atoms with Crippen LogP contribution in [-0.4, -0.2) is 14.5 Å². The SMILES string of the molecule is Cc1ccc(-c2cc(I)c(-c3ccc(C)cc3)[se]2)cc1. The third-order valence-electron chi connectivity index (χ3n) is 3.34. The predicted molar refractivity (Wildman–Crippen MR) is 96.4 cm³/mol. The summed E-state index contributed by atoms with van der Waals surface area (Å²) in [5, 5.41) is 0. The van der Waals surface area contributed by atoms with E-state index in [1.165, 1.54) is 34.7 Å². The van der Waals surface area contributed by atoms with Gasteiger partial charge in [0.1, 0.15) is 0 Å². The van der Waals surface area contributed by atoms with Crippen LogP contribution in [0.15, 0.2) is 54.6 Å². The van der Waals surface area contributed by atoms with Crippen molar-refractivity contribution in [1.29, 1.82) is 0 Å². The summed E-state index contributed by atoms with van der Waals surface area (Å²) in [6, 6.07) is 20.1. The van der Waals surface area contributed by atoms with E-state index in [4.69, 9.17) is 0 Å². The van der Waals surface area contributed by atoms with Crippen LogP contribution < -0.4 is 0 Å². The fourth-order valence-electron chi connectivity index (χ4n) is 2.13. The molecular formula is C18H15ISe. The number of halogens is 1. The van der Waals surface area contributed by atoms with Crippen LogP contribution in [0.5, 0.6) is 0 Å². The summed E-state index contributed by atoms with van der Waals surface area (Å²) in [6.07, 6.45) is 0. The fourth-order valence-corrected chi connectivity index (χ4v) is 6.03. The molecule has 20 heavy (non-hydrogen) atoms.